The van der Waals surface area contributed by atoms with Crippen molar-refractivity contribution < 1.29 is 4.79 Å². The second kappa shape index (κ2) is 11.6. The zero-order valence-electron chi connectivity index (χ0n) is 19.8. The van der Waals surface area contributed by atoms with Crippen LogP contribution in [0.4, 0.5) is 0 Å². The lowest BCUT2D eigenvalue weighted by atomic mass is 9.72. The van der Waals surface area contributed by atoms with Gasteiger partial charge in [-0.1, -0.05) is 69.7 Å². The van der Waals surface area contributed by atoms with Crippen LogP contribution < -0.4 is 5.32 Å². The average molecular weight is 424 g/mol. The summed E-state index contributed by atoms with van der Waals surface area (Å²) in [4.78, 5) is 17.6. The molecule has 1 amide bonds. The minimum absolute atomic E-state index is 0.0445. The first kappa shape index (κ1) is 23.7. The number of benzene rings is 2. The Morgan fingerprint density at radius 1 is 1.00 bits per heavy atom. The SMILES string of the molecule is CCCC(CCN1CCCC1)(CNC(=O)CN(CC)CC)c1cccc2ccccc12. The van der Waals surface area contributed by atoms with Gasteiger partial charge in [0, 0.05) is 12.0 Å². The number of carbonyl (C=O) groups is 1. The van der Waals surface area contributed by atoms with E-state index in [1.165, 1.54) is 42.3 Å². The fourth-order valence-electron chi connectivity index (χ4n) is 5.19. The summed E-state index contributed by atoms with van der Waals surface area (Å²) in [7, 11) is 0. The van der Waals surface area contributed by atoms with E-state index >= 15 is 0 Å². The zero-order valence-corrected chi connectivity index (χ0v) is 19.8. The van der Waals surface area contributed by atoms with E-state index in [4.69, 9.17) is 0 Å². The molecule has 1 N–H and O–H groups in total. The predicted octanol–water partition coefficient (Wildman–Crippen LogP) is 4.82. The fourth-order valence-corrected chi connectivity index (χ4v) is 5.19. The van der Waals surface area contributed by atoms with E-state index in [2.05, 4.69) is 78.4 Å². The third-order valence-electron chi connectivity index (χ3n) is 7.08. The molecular weight excluding hydrogens is 382 g/mol. The Balaban J connectivity index is 1.89. The van der Waals surface area contributed by atoms with Crippen LogP contribution in [-0.4, -0.2) is 61.5 Å². The molecule has 0 spiro atoms. The quantitative estimate of drug-likeness (QED) is 0.531. The highest BCUT2D eigenvalue weighted by molar-refractivity contribution is 5.87. The molecule has 1 saturated heterocycles. The standard InChI is InChI=1S/C27H41N3O/c1-4-16-27(17-20-30-18-9-10-19-30,22-28-26(31)21-29(5-2)6-3)25-15-11-13-23-12-7-8-14-24(23)25/h7-8,11-15H,4-6,9-10,16-22H2,1-3H3,(H,28,31). The van der Waals surface area contributed by atoms with E-state index in [1.807, 2.05) is 0 Å². The fraction of sp³-hybridized carbons (Fsp3) is 0.593. The maximum atomic E-state index is 12.8. The smallest absolute Gasteiger partial charge is 0.234 e. The lowest BCUT2D eigenvalue weighted by molar-refractivity contribution is -0.122. The van der Waals surface area contributed by atoms with Gasteiger partial charge in [0.05, 0.1) is 6.54 Å². The molecule has 1 heterocycles. The molecule has 1 atom stereocenters. The summed E-state index contributed by atoms with van der Waals surface area (Å²) in [5.74, 6) is 0.144. The van der Waals surface area contributed by atoms with Crippen LogP contribution in [0, 0.1) is 0 Å². The number of fused-ring (bicyclic) bond motifs is 1. The molecule has 2 aromatic carbocycles. The Kier molecular flexibility index (Phi) is 8.91. The normalized spacial score (nSPS) is 16.6. The number of amides is 1. The van der Waals surface area contributed by atoms with Crippen LogP contribution in [0.5, 0.6) is 0 Å². The zero-order chi connectivity index (χ0) is 22.1. The number of hydrogen-bond donors (Lipinski definition) is 1. The van der Waals surface area contributed by atoms with Gasteiger partial charge in [-0.2, -0.15) is 0 Å². The van der Waals surface area contributed by atoms with E-state index in [1.54, 1.807) is 0 Å². The minimum atomic E-state index is -0.0445. The van der Waals surface area contributed by atoms with Crippen LogP contribution in [0.25, 0.3) is 10.8 Å². The van der Waals surface area contributed by atoms with Crippen molar-refractivity contribution in [1.82, 2.24) is 15.1 Å². The van der Waals surface area contributed by atoms with E-state index in [9.17, 15) is 4.79 Å². The molecule has 1 aliphatic heterocycles. The Labute approximate surface area is 189 Å². The van der Waals surface area contributed by atoms with E-state index in [-0.39, 0.29) is 11.3 Å². The highest BCUT2D eigenvalue weighted by Gasteiger charge is 2.34. The second-order valence-corrected chi connectivity index (χ2v) is 9.09. The van der Waals surface area contributed by atoms with Gasteiger partial charge in [-0.3, -0.25) is 9.69 Å². The average Bonchev–Trinajstić information content (AvgIpc) is 3.33. The molecule has 2 aromatic rings. The Morgan fingerprint density at radius 3 is 2.42 bits per heavy atom. The summed E-state index contributed by atoms with van der Waals surface area (Å²) >= 11 is 0. The van der Waals surface area contributed by atoms with E-state index in [0.29, 0.717) is 13.1 Å². The third kappa shape index (κ3) is 6.08. The van der Waals surface area contributed by atoms with Gasteiger partial charge in [0.25, 0.3) is 0 Å². The molecule has 0 aliphatic carbocycles. The molecule has 1 fully saturated rings. The van der Waals surface area contributed by atoms with E-state index < -0.39 is 0 Å². The lowest BCUT2D eigenvalue weighted by Crippen LogP contribution is -2.46. The van der Waals surface area contributed by atoms with Crippen molar-refractivity contribution in [3.05, 3.63) is 48.0 Å². The number of nitrogens with one attached hydrogen (secondary N) is 1. The molecule has 0 saturated carbocycles. The number of hydrogen-bond acceptors (Lipinski definition) is 3. The van der Waals surface area contributed by atoms with Crippen LogP contribution in [0.1, 0.15) is 58.4 Å². The first-order valence-corrected chi connectivity index (χ1v) is 12.3. The molecule has 4 heteroatoms. The van der Waals surface area contributed by atoms with Crippen molar-refractivity contribution in [1.29, 1.82) is 0 Å². The van der Waals surface area contributed by atoms with Gasteiger partial charge in [0.1, 0.15) is 0 Å². The van der Waals surface area contributed by atoms with Crippen molar-refractivity contribution in [2.45, 2.75) is 58.3 Å². The largest absolute Gasteiger partial charge is 0.354 e. The molecule has 31 heavy (non-hydrogen) atoms. The van der Waals surface area contributed by atoms with Crippen LogP contribution in [0.3, 0.4) is 0 Å². The third-order valence-corrected chi connectivity index (χ3v) is 7.08. The number of likely N-dealkylation sites (tertiary alicyclic amines) is 1. The van der Waals surface area contributed by atoms with Crippen molar-refractivity contribution in [3.63, 3.8) is 0 Å². The molecule has 4 nitrogen and oxygen atoms in total. The van der Waals surface area contributed by atoms with Crippen LogP contribution in [-0.2, 0) is 10.2 Å². The van der Waals surface area contributed by atoms with E-state index in [0.717, 1.165) is 38.9 Å². The van der Waals surface area contributed by atoms with Crippen molar-refractivity contribution in [3.8, 4) is 0 Å². The highest BCUT2D eigenvalue weighted by atomic mass is 16.2. The van der Waals surface area contributed by atoms with Crippen LogP contribution in [0.2, 0.25) is 0 Å². The van der Waals surface area contributed by atoms with Gasteiger partial charge in [-0.05, 0) is 74.7 Å². The number of rotatable bonds is 12. The first-order chi connectivity index (χ1) is 15.1. The molecule has 3 rings (SSSR count). The maximum Gasteiger partial charge on any atom is 0.234 e. The predicted molar refractivity (Wildman–Crippen MR) is 132 cm³/mol. The van der Waals surface area contributed by atoms with Crippen molar-refractivity contribution in [2.75, 3.05) is 45.8 Å². The van der Waals surface area contributed by atoms with Crippen LogP contribution >= 0.6 is 0 Å². The Bertz CT molecular complexity index is 821. The van der Waals surface area contributed by atoms with Gasteiger partial charge in [0.2, 0.25) is 5.91 Å². The topological polar surface area (TPSA) is 35.6 Å². The second-order valence-electron chi connectivity index (χ2n) is 9.09. The summed E-state index contributed by atoms with van der Waals surface area (Å²) in [5, 5.41) is 5.97. The van der Waals surface area contributed by atoms with Crippen LogP contribution in [0.15, 0.2) is 42.5 Å². The maximum absolute atomic E-state index is 12.8. The van der Waals surface area contributed by atoms with Gasteiger partial charge in [-0.25, -0.2) is 0 Å². The summed E-state index contributed by atoms with van der Waals surface area (Å²) in [5.41, 5.74) is 1.35. The van der Waals surface area contributed by atoms with Gasteiger partial charge in [-0.15, -0.1) is 0 Å². The molecule has 0 aromatic heterocycles. The van der Waals surface area contributed by atoms with Gasteiger partial charge >= 0.3 is 0 Å². The summed E-state index contributed by atoms with van der Waals surface area (Å²) < 4.78 is 0. The Hall–Kier alpha value is -1.91. The van der Waals surface area contributed by atoms with Gasteiger partial charge in [0.15, 0.2) is 0 Å². The molecular formula is C27H41N3O. The number of nitrogens with zero attached hydrogens (tertiary/aromatic N) is 2. The summed E-state index contributed by atoms with van der Waals surface area (Å²) in [6.07, 6.45) is 5.90. The van der Waals surface area contributed by atoms with Crippen molar-refractivity contribution in [2.24, 2.45) is 0 Å². The Morgan fingerprint density at radius 2 is 1.71 bits per heavy atom. The lowest BCUT2D eigenvalue weighted by Gasteiger charge is -2.37. The first-order valence-electron chi connectivity index (χ1n) is 12.3. The molecule has 1 unspecified atom stereocenters. The number of carbonyl (C=O) groups excluding carboxylic acids is 1. The summed E-state index contributed by atoms with van der Waals surface area (Å²) in [6, 6.07) is 15.4. The minimum Gasteiger partial charge on any atom is -0.354 e. The van der Waals surface area contributed by atoms with Crippen molar-refractivity contribution >= 4 is 16.7 Å². The van der Waals surface area contributed by atoms with Gasteiger partial charge < -0.3 is 10.2 Å². The molecule has 170 valence electrons. The summed E-state index contributed by atoms with van der Waals surface area (Å²) in [6.45, 7) is 13.0. The highest BCUT2D eigenvalue weighted by Crippen LogP contribution is 2.37. The molecule has 0 radical (unpaired) electrons. The number of likely N-dealkylation sites (N-methyl/N-ethyl adjacent to an activating group) is 1. The molecule has 0 bridgehead atoms. The monoisotopic (exact) mass is 423 g/mol. The molecule has 1 aliphatic rings.